The van der Waals surface area contributed by atoms with Gasteiger partial charge in [0.15, 0.2) is 0 Å². The van der Waals surface area contributed by atoms with Gasteiger partial charge >= 0.3 is 0 Å². The number of anilines is 2. The lowest BCUT2D eigenvalue weighted by atomic mass is 9.87. The van der Waals surface area contributed by atoms with Crippen LogP contribution < -0.4 is 16.8 Å². The molecule has 0 radical (unpaired) electrons. The van der Waals surface area contributed by atoms with Crippen LogP contribution in [0, 0.1) is 11.7 Å². The van der Waals surface area contributed by atoms with Gasteiger partial charge in [-0.15, -0.1) is 0 Å². The maximum Gasteiger partial charge on any atom is 0.250 e. The molecule has 5 N–H and O–H groups in total. The maximum atomic E-state index is 13.8. The largest absolute Gasteiger partial charge is 0.398 e. The summed E-state index contributed by atoms with van der Waals surface area (Å²) in [6, 6.07) is 2.80. The number of nitrogen functional groups attached to an aromatic ring is 1. The minimum absolute atomic E-state index is 0.0767. The highest BCUT2D eigenvalue weighted by Gasteiger charge is 2.20. The Balaban J connectivity index is 2.15. The smallest absolute Gasteiger partial charge is 0.250 e. The summed E-state index contributed by atoms with van der Waals surface area (Å²) in [5.41, 5.74) is 11.3. The molecule has 0 unspecified atom stereocenters. The Morgan fingerprint density at radius 1 is 1.32 bits per heavy atom. The van der Waals surface area contributed by atoms with Crippen molar-refractivity contribution in [2.45, 2.75) is 38.6 Å². The number of rotatable bonds is 3. The van der Waals surface area contributed by atoms with Gasteiger partial charge in [-0.2, -0.15) is 0 Å². The minimum Gasteiger partial charge on any atom is -0.398 e. The topological polar surface area (TPSA) is 81.1 Å². The monoisotopic (exact) mass is 265 g/mol. The van der Waals surface area contributed by atoms with E-state index in [0.717, 1.165) is 37.7 Å². The number of nitrogens with two attached hydrogens (primary N) is 2. The van der Waals surface area contributed by atoms with Crippen LogP contribution >= 0.6 is 0 Å². The SMILES string of the molecule is CC1CCC(Nc2cc(C(N)=O)c(N)cc2F)CC1. The molecule has 1 saturated carbocycles. The molecule has 1 aliphatic rings. The molecule has 0 saturated heterocycles. The van der Waals surface area contributed by atoms with Crippen LogP contribution in [0.2, 0.25) is 0 Å². The van der Waals surface area contributed by atoms with Gasteiger partial charge < -0.3 is 16.8 Å². The quantitative estimate of drug-likeness (QED) is 0.734. The van der Waals surface area contributed by atoms with E-state index in [4.69, 9.17) is 11.5 Å². The Hall–Kier alpha value is -1.78. The maximum absolute atomic E-state index is 13.8. The van der Waals surface area contributed by atoms with E-state index < -0.39 is 11.7 Å². The molecule has 4 nitrogen and oxygen atoms in total. The zero-order valence-electron chi connectivity index (χ0n) is 11.1. The average Bonchev–Trinajstić information content (AvgIpc) is 2.34. The molecule has 1 aliphatic carbocycles. The van der Waals surface area contributed by atoms with E-state index in [2.05, 4.69) is 12.2 Å². The Labute approximate surface area is 112 Å². The second kappa shape index (κ2) is 5.47. The predicted molar refractivity (Wildman–Crippen MR) is 74.4 cm³/mol. The van der Waals surface area contributed by atoms with Crippen LogP contribution in [-0.2, 0) is 0 Å². The number of amides is 1. The molecule has 19 heavy (non-hydrogen) atoms. The van der Waals surface area contributed by atoms with Crippen molar-refractivity contribution in [2.24, 2.45) is 11.7 Å². The van der Waals surface area contributed by atoms with Crippen molar-refractivity contribution in [3.63, 3.8) is 0 Å². The van der Waals surface area contributed by atoms with E-state index in [1.165, 1.54) is 6.07 Å². The molecule has 1 fully saturated rings. The third-order valence-corrected chi connectivity index (χ3v) is 3.78. The van der Waals surface area contributed by atoms with Gasteiger partial charge in [0.1, 0.15) is 5.82 Å². The summed E-state index contributed by atoms with van der Waals surface area (Å²) in [5.74, 6) is -0.352. The Morgan fingerprint density at radius 2 is 1.95 bits per heavy atom. The molecule has 0 atom stereocenters. The lowest BCUT2D eigenvalue weighted by Crippen LogP contribution is -2.26. The van der Waals surface area contributed by atoms with E-state index in [-0.39, 0.29) is 17.3 Å². The normalized spacial score (nSPS) is 23.1. The van der Waals surface area contributed by atoms with Crippen molar-refractivity contribution >= 4 is 17.3 Å². The van der Waals surface area contributed by atoms with E-state index in [9.17, 15) is 9.18 Å². The highest BCUT2D eigenvalue weighted by molar-refractivity contribution is 5.99. The van der Waals surface area contributed by atoms with Gasteiger partial charge in [-0.3, -0.25) is 4.79 Å². The third-order valence-electron chi connectivity index (χ3n) is 3.78. The standard InChI is InChI=1S/C14H20FN3O/c1-8-2-4-9(5-3-8)18-13-6-10(14(17)19)12(16)7-11(13)15/h6-9,18H,2-5,16H2,1H3,(H2,17,19). The molecule has 0 aromatic heterocycles. The summed E-state index contributed by atoms with van der Waals surface area (Å²) >= 11 is 0. The first-order valence-electron chi connectivity index (χ1n) is 6.62. The van der Waals surface area contributed by atoms with Gasteiger partial charge in [-0.1, -0.05) is 6.92 Å². The van der Waals surface area contributed by atoms with Crippen LogP contribution in [0.4, 0.5) is 15.8 Å². The molecule has 1 aromatic rings. The number of halogens is 1. The van der Waals surface area contributed by atoms with E-state index in [1.54, 1.807) is 0 Å². The molecule has 0 spiro atoms. The van der Waals surface area contributed by atoms with Gasteiger partial charge in [-0.05, 0) is 43.7 Å². The average molecular weight is 265 g/mol. The van der Waals surface area contributed by atoms with Crippen LogP contribution in [0.15, 0.2) is 12.1 Å². The van der Waals surface area contributed by atoms with Crippen molar-refractivity contribution in [2.75, 3.05) is 11.1 Å². The van der Waals surface area contributed by atoms with Crippen LogP contribution in [0.1, 0.15) is 43.0 Å². The van der Waals surface area contributed by atoms with Crippen LogP contribution in [0.5, 0.6) is 0 Å². The highest BCUT2D eigenvalue weighted by atomic mass is 19.1. The summed E-state index contributed by atoms with van der Waals surface area (Å²) < 4.78 is 13.8. The fraction of sp³-hybridized carbons (Fsp3) is 0.500. The fourth-order valence-corrected chi connectivity index (χ4v) is 2.54. The molecule has 0 aliphatic heterocycles. The minimum atomic E-state index is -0.641. The number of carbonyl (C=O) groups excluding carboxylic acids is 1. The summed E-state index contributed by atoms with van der Waals surface area (Å²) in [5, 5.41) is 3.15. The number of benzene rings is 1. The zero-order valence-corrected chi connectivity index (χ0v) is 11.1. The Morgan fingerprint density at radius 3 is 2.53 bits per heavy atom. The van der Waals surface area contributed by atoms with Crippen molar-refractivity contribution in [1.29, 1.82) is 0 Å². The van der Waals surface area contributed by atoms with Crippen LogP contribution in [-0.4, -0.2) is 11.9 Å². The second-order valence-electron chi connectivity index (χ2n) is 5.38. The fourth-order valence-electron chi connectivity index (χ4n) is 2.54. The summed E-state index contributed by atoms with van der Waals surface area (Å²) in [6.45, 7) is 2.23. The second-order valence-corrected chi connectivity index (χ2v) is 5.38. The van der Waals surface area contributed by atoms with Crippen molar-refractivity contribution < 1.29 is 9.18 Å². The number of nitrogens with one attached hydrogen (secondary N) is 1. The lowest BCUT2D eigenvalue weighted by molar-refractivity contribution is 0.100. The molecule has 1 amide bonds. The third kappa shape index (κ3) is 3.16. The molecule has 1 aromatic carbocycles. The summed E-state index contributed by atoms with van der Waals surface area (Å²) in [4.78, 5) is 11.2. The zero-order chi connectivity index (χ0) is 14.0. The molecule has 0 heterocycles. The van der Waals surface area contributed by atoms with E-state index in [0.29, 0.717) is 5.69 Å². The first-order chi connectivity index (χ1) is 8.97. The van der Waals surface area contributed by atoms with Gasteiger partial charge in [0.05, 0.1) is 11.3 Å². The van der Waals surface area contributed by atoms with Gasteiger partial charge in [0, 0.05) is 11.7 Å². The van der Waals surface area contributed by atoms with E-state index >= 15 is 0 Å². The molecular formula is C14H20FN3O. The first kappa shape index (κ1) is 13.6. The number of hydrogen-bond donors (Lipinski definition) is 3. The Kier molecular flexibility index (Phi) is 3.93. The van der Waals surface area contributed by atoms with E-state index in [1.807, 2.05) is 0 Å². The van der Waals surface area contributed by atoms with Crippen molar-refractivity contribution in [3.05, 3.63) is 23.5 Å². The number of hydrogen-bond acceptors (Lipinski definition) is 3. The number of primary amides is 1. The van der Waals surface area contributed by atoms with Crippen molar-refractivity contribution in [1.82, 2.24) is 0 Å². The predicted octanol–water partition coefficient (Wildman–Crippen LogP) is 2.50. The lowest BCUT2D eigenvalue weighted by Gasteiger charge is -2.28. The van der Waals surface area contributed by atoms with Crippen LogP contribution in [0.3, 0.4) is 0 Å². The molecule has 5 heteroatoms. The molecular weight excluding hydrogens is 245 g/mol. The van der Waals surface area contributed by atoms with Gasteiger partial charge in [-0.25, -0.2) is 4.39 Å². The first-order valence-corrected chi connectivity index (χ1v) is 6.62. The van der Waals surface area contributed by atoms with Crippen LogP contribution in [0.25, 0.3) is 0 Å². The summed E-state index contributed by atoms with van der Waals surface area (Å²) in [6.07, 6.45) is 4.29. The van der Waals surface area contributed by atoms with Gasteiger partial charge in [0.25, 0.3) is 5.91 Å². The van der Waals surface area contributed by atoms with Gasteiger partial charge in [0.2, 0.25) is 0 Å². The number of carbonyl (C=O) groups is 1. The summed E-state index contributed by atoms with van der Waals surface area (Å²) in [7, 11) is 0. The molecule has 2 rings (SSSR count). The van der Waals surface area contributed by atoms with Crippen molar-refractivity contribution in [3.8, 4) is 0 Å². The highest BCUT2D eigenvalue weighted by Crippen LogP contribution is 2.28. The molecule has 104 valence electrons. The Bertz CT molecular complexity index is 482. The molecule has 0 bridgehead atoms.